The van der Waals surface area contributed by atoms with Crippen LogP contribution in [0.3, 0.4) is 0 Å². The summed E-state index contributed by atoms with van der Waals surface area (Å²) in [5.74, 6) is -0.867. The minimum atomic E-state index is -0.967. The number of carboxylic acid groups (broad SMARTS) is 1. The van der Waals surface area contributed by atoms with E-state index in [1.807, 2.05) is 0 Å². The van der Waals surface area contributed by atoms with Crippen molar-refractivity contribution in [1.82, 2.24) is 4.98 Å². The topological polar surface area (TPSA) is 79.3 Å². The van der Waals surface area contributed by atoms with Crippen molar-refractivity contribution in [2.45, 2.75) is 39.5 Å². The monoisotopic (exact) mass is 268 g/mol. The maximum Gasteiger partial charge on any atom is 0.347 e. The largest absolute Gasteiger partial charge is 0.477 e. The third-order valence-corrected chi connectivity index (χ3v) is 3.69. The van der Waals surface area contributed by atoms with E-state index >= 15 is 0 Å². The summed E-state index contributed by atoms with van der Waals surface area (Å²) < 4.78 is 0. The molecule has 98 valence electrons. The Balaban J connectivity index is 2.22. The van der Waals surface area contributed by atoms with Crippen LogP contribution in [0.2, 0.25) is 0 Å². The number of aromatic carboxylic acids is 1. The first kappa shape index (κ1) is 13.0. The van der Waals surface area contributed by atoms with Gasteiger partial charge in [0.05, 0.1) is 5.69 Å². The van der Waals surface area contributed by atoms with E-state index in [4.69, 9.17) is 5.11 Å². The van der Waals surface area contributed by atoms with E-state index in [1.54, 1.807) is 20.8 Å². The molecule has 1 aliphatic rings. The smallest absolute Gasteiger partial charge is 0.347 e. The Labute approximate surface area is 109 Å². The summed E-state index contributed by atoms with van der Waals surface area (Å²) in [6.45, 7) is 5.40. The molecule has 0 radical (unpaired) electrons. The maximum absolute atomic E-state index is 11.8. The van der Waals surface area contributed by atoms with Gasteiger partial charge in [-0.15, -0.1) is 0 Å². The maximum atomic E-state index is 11.8. The molecule has 0 bridgehead atoms. The highest BCUT2D eigenvalue weighted by Gasteiger charge is 2.33. The number of aromatic nitrogens is 1. The molecule has 1 aromatic heterocycles. The molecule has 1 heterocycles. The molecule has 6 heteroatoms. The molecule has 1 aromatic rings. The summed E-state index contributed by atoms with van der Waals surface area (Å²) in [6.07, 6.45) is 1.97. The molecule has 1 amide bonds. The van der Waals surface area contributed by atoms with Gasteiger partial charge in [0.25, 0.3) is 0 Å². The van der Waals surface area contributed by atoms with Crippen LogP contribution in [0.15, 0.2) is 0 Å². The van der Waals surface area contributed by atoms with Crippen molar-refractivity contribution >= 4 is 28.3 Å². The zero-order valence-electron chi connectivity index (χ0n) is 10.6. The number of hydrogen-bond donors (Lipinski definition) is 2. The normalized spacial score (nSPS) is 15.5. The molecule has 2 rings (SSSR count). The van der Waals surface area contributed by atoms with Gasteiger partial charge in [0, 0.05) is 11.3 Å². The van der Waals surface area contributed by atoms with Crippen LogP contribution in [0, 0.1) is 5.41 Å². The Morgan fingerprint density at radius 3 is 2.44 bits per heavy atom. The molecule has 1 fully saturated rings. The van der Waals surface area contributed by atoms with Gasteiger partial charge < -0.3 is 10.4 Å². The zero-order valence-corrected chi connectivity index (χ0v) is 11.4. The zero-order chi connectivity index (χ0) is 13.5. The average molecular weight is 268 g/mol. The van der Waals surface area contributed by atoms with Gasteiger partial charge in [-0.25, -0.2) is 9.78 Å². The second-order valence-electron chi connectivity index (χ2n) is 5.52. The highest BCUT2D eigenvalue weighted by molar-refractivity contribution is 7.17. The van der Waals surface area contributed by atoms with E-state index in [1.165, 1.54) is 0 Å². The van der Waals surface area contributed by atoms with Crippen LogP contribution >= 0.6 is 11.3 Å². The lowest BCUT2D eigenvalue weighted by molar-refractivity contribution is -0.123. The van der Waals surface area contributed by atoms with Gasteiger partial charge in [0.15, 0.2) is 5.13 Å². The van der Waals surface area contributed by atoms with Gasteiger partial charge in [-0.1, -0.05) is 32.1 Å². The summed E-state index contributed by atoms with van der Waals surface area (Å²) in [7, 11) is 0. The summed E-state index contributed by atoms with van der Waals surface area (Å²) >= 11 is 1.04. The molecule has 0 aliphatic heterocycles. The van der Waals surface area contributed by atoms with Crippen molar-refractivity contribution in [2.75, 3.05) is 5.32 Å². The third kappa shape index (κ3) is 2.69. The van der Waals surface area contributed by atoms with Gasteiger partial charge >= 0.3 is 5.97 Å². The third-order valence-electron chi connectivity index (χ3n) is 2.71. The second kappa shape index (κ2) is 4.35. The molecule has 0 spiro atoms. The molecule has 5 nitrogen and oxygen atoms in total. The van der Waals surface area contributed by atoms with Crippen LogP contribution in [-0.2, 0) is 4.79 Å². The Bertz CT molecular complexity index is 498. The van der Waals surface area contributed by atoms with Crippen molar-refractivity contribution in [3.63, 3.8) is 0 Å². The van der Waals surface area contributed by atoms with E-state index in [0.29, 0.717) is 10.8 Å². The predicted molar refractivity (Wildman–Crippen MR) is 69.1 cm³/mol. The Morgan fingerprint density at radius 2 is 2.00 bits per heavy atom. The molecule has 0 atom stereocenters. The first-order chi connectivity index (χ1) is 8.29. The molecule has 1 aliphatic carbocycles. The first-order valence-electron chi connectivity index (χ1n) is 5.84. The molecule has 1 saturated carbocycles. The average Bonchev–Trinajstić information content (AvgIpc) is 2.98. The fourth-order valence-corrected chi connectivity index (χ4v) is 2.34. The molecule has 2 N–H and O–H groups in total. The Hall–Kier alpha value is -1.43. The number of anilines is 1. The van der Waals surface area contributed by atoms with E-state index in [-0.39, 0.29) is 16.7 Å². The van der Waals surface area contributed by atoms with Gasteiger partial charge in [-0.3, -0.25) is 4.79 Å². The number of nitrogens with zero attached hydrogens (tertiary/aromatic N) is 1. The van der Waals surface area contributed by atoms with E-state index in [0.717, 1.165) is 24.2 Å². The van der Waals surface area contributed by atoms with Crippen LogP contribution in [0.1, 0.15) is 54.9 Å². The molecule has 0 aromatic carbocycles. The van der Waals surface area contributed by atoms with E-state index in [2.05, 4.69) is 10.3 Å². The number of carbonyl (C=O) groups is 2. The van der Waals surface area contributed by atoms with Gasteiger partial charge in [-0.2, -0.15) is 0 Å². The molecular weight excluding hydrogens is 252 g/mol. The summed E-state index contributed by atoms with van der Waals surface area (Å²) in [5, 5.41) is 12.2. The van der Waals surface area contributed by atoms with Crippen molar-refractivity contribution in [3.05, 3.63) is 10.6 Å². The molecule has 0 saturated heterocycles. The summed E-state index contributed by atoms with van der Waals surface area (Å²) in [5.41, 5.74) is 0.103. The predicted octanol–water partition coefficient (Wildman–Crippen LogP) is 2.70. The van der Waals surface area contributed by atoms with Gasteiger partial charge in [-0.05, 0) is 12.8 Å². The summed E-state index contributed by atoms with van der Waals surface area (Å²) in [6, 6.07) is 0. The number of carbonyl (C=O) groups excluding carboxylic acids is 1. The van der Waals surface area contributed by atoms with Crippen LogP contribution < -0.4 is 5.32 Å². The highest BCUT2D eigenvalue weighted by atomic mass is 32.1. The molecule has 0 unspecified atom stereocenters. The first-order valence-corrected chi connectivity index (χ1v) is 6.66. The van der Waals surface area contributed by atoms with Crippen LogP contribution in [0.25, 0.3) is 0 Å². The van der Waals surface area contributed by atoms with Crippen LogP contribution in [0.5, 0.6) is 0 Å². The number of nitrogens with one attached hydrogen (secondary N) is 1. The standard InChI is InChI=1S/C12H16N2O3S/c1-12(2,3)10(17)14-11-13-7(6-4-5-6)8(18-11)9(15)16/h6H,4-5H2,1-3H3,(H,15,16)(H,13,14,17). The van der Waals surface area contributed by atoms with Gasteiger partial charge in [0.1, 0.15) is 4.88 Å². The fraction of sp³-hybridized carbons (Fsp3) is 0.583. The van der Waals surface area contributed by atoms with Crippen molar-refractivity contribution in [2.24, 2.45) is 5.41 Å². The van der Waals surface area contributed by atoms with Crippen molar-refractivity contribution in [3.8, 4) is 0 Å². The van der Waals surface area contributed by atoms with Crippen LogP contribution in [0.4, 0.5) is 5.13 Å². The molecular formula is C12H16N2O3S. The number of thiazole rings is 1. The lowest BCUT2D eigenvalue weighted by atomic mass is 9.96. The summed E-state index contributed by atoms with van der Waals surface area (Å²) in [4.78, 5) is 27.4. The Kier molecular flexibility index (Phi) is 3.14. The van der Waals surface area contributed by atoms with E-state index in [9.17, 15) is 9.59 Å². The van der Waals surface area contributed by atoms with Crippen LogP contribution in [-0.4, -0.2) is 22.0 Å². The minimum absolute atomic E-state index is 0.157. The van der Waals surface area contributed by atoms with Crippen molar-refractivity contribution < 1.29 is 14.7 Å². The SMILES string of the molecule is CC(C)(C)C(=O)Nc1nc(C2CC2)c(C(=O)O)s1. The van der Waals surface area contributed by atoms with Gasteiger partial charge in [0.2, 0.25) is 5.91 Å². The number of rotatable bonds is 3. The molecule has 18 heavy (non-hydrogen) atoms. The second-order valence-corrected chi connectivity index (χ2v) is 6.52. The lowest BCUT2D eigenvalue weighted by Crippen LogP contribution is -2.27. The quantitative estimate of drug-likeness (QED) is 0.883. The van der Waals surface area contributed by atoms with E-state index < -0.39 is 11.4 Å². The van der Waals surface area contributed by atoms with Crippen molar-refractivity contribution in [1.29, 1.82) is 0 Å². The number of hydrogen-bond acceptors (Lipinski definition) is 4. The Morgan fingerprint density at radius 1 is 1.39 bits per heavy atom. The highest BCUT2D eigenvalue weighted by Crippen LogP contribution is 2.43. The number of carboxylic acids is 1. The fourth-order valence-electron chi connectivity index (χ4n) is 1.46. The number of amides is 1. The minimum Gasteiger partial charge on any atom is -0.477 e. The lowest BCUT2D eigenvalue weighted by Gasteiger charge is -2.15.